The number of carbonyl (C=O) groups excluding carboxylic acids is 6. The Labute approximate surface area is 322 Å². The van der Waals surface area contributed by atoms with E-state index in [1.807, 2.05) is 13.0 Å². The molecule has 14 nitrogen and oxygen atoms in total. The third kappa shape index (κ3) is 7.51. The summed E-state index contributed by atoms with van der Waals surface area (Å²) in [6, 6.07) is 8.47. The van der Waals surface area contributed by atoms with Crippen LogP contribution in [0.2, 0.25) is 0 Å². The van der Waals surface area contributed by atoms with Crippen LogP contribution in [0, 0.1) is 18.7 Å². The largest absolute Gasteiger partial charge is 0.371 e. The van der Waals surface area contributed by atoms with Gasteiger partial charge >= 0.3 is 0 Å². The van der Waals surface area contributed by atoms with Crippen LogP contribution in [-0.2, 0) is 19.2 Å². The third-order valence-electron chi connectivity index (χ3n) is 11.3. The van der Waals surface area contributed by atoms with Crippen molar-refractivity contribution in [1.29, 1.82) is 0 Å². The molecule has 8 rings (SSSR count). The Kier molecular flexibility index (Phi) is 10.6. The third-order valence-corrected chi connectivity index (χ3v) is 11.3. The van der Waals surface area contributed by atoms with Gasteiger partial charge < -0.3 is 25.4 Å². The zero-order chi connectivity index (χ0) is 37.7. The Morgan fingerprint density at radius 2 is 1.60 bits per heavy atom. The number of piperidine rings is 2. The first-order valence-electron chi connectivity index (χ1n) is 18.4. The van der Waals surface area contributed by atoms with E-state index in [9.17, 15) is 33.2 Å². The summed E-state index contributed by atoms with van der Waals surface area (Å²) in [5.41, 5.74) is 4.93. The van der Waals surface area contributed by atoms with Gasteiger partial charge in [0.05, 0.1) is 28.9 Å². The molecule has 6 amide bonds. The Morgan fingerprint density at radius 1 is 0.873 bits per heavy atom. The van der Waals surface area contributed by atoms with Crippen LogP contribution in [0.5, 0.6) is 0 Å². The molecule has 3 saturated heterocycles. The number of piperazine rings is 1. The molecular weight excluding hydrogens is 731 g/mol. The maximum Gasteiger partial charge on any atom is 0.262 e. The first-order valence-corrected chi connectivity index (χ1v) is 18.4. The van der Waals surface area contributed by atoms with Crippen LogP contribution in [0.1, 0.15) is 63.2 Å². The van der Waals surface area contributed by atoms with Crippen LogP contribution in [0.15, 0.2) is 42.6 Å². The molecule has 1 atom stereocenters. The predicted octanol–water partition coefficient (Wildman–Crippen LogP) is 3.25. The number of carbonyl (C=O) groups is 6. The van der Waals surface area contributed by atoms with Crippen molar-refractivity contribution in [2.45, 2.75) is 38.6 Å². The average molecular weight is 773 g/mol. The van der Waals surface area contributed by atoms with E-state index in [-0.39, 0.29) is 49.2 Å². The Morgan fingerprint density at radius 3 is 2.35 bits per heavy atom. The van der Waals surface area contributed by atoms with Gasteiger partial charge in [-0.05, 0) is 80.1 Å². The fourth-order valence-corrected chi connectivity index (χ4v) is 8.16. The maximum absolute atomic E-state index is 13.9. The van der Waals surface area contributed by atoms with Crippen molar-refractivity contribution < 1.29 is 33.2 Å². The lowest BCUT2D eigenvalue weighted by molar-refractivity contribution is -0.136. The molecule has 16 heteroatoms. The van der Waals surface area contributed by atoms with E-state index >= 15 is 0 Å². The lowest BCUT2D eigenvalue weighted by atomic mass is 9.95. The average Bonchev–Trinajstić information content (AvgIpc) is 3.74. The van der Waals surface area contributed by atoms with E-state index in [1.165, 1.54) is 18.2 Å². The zero-order valence-electron chi connectivity index (χ0n) is 30.3. The molecule has 55 heavy (non-hydrogen) atoms. The summed E-state index contributed by atoms with van der Waals surface area (Å²) >= 11 is 0. The first kappa shape index (κ1) is 37.9. The van der Waals surface area contributed by atoms with Crippen molar-refractivity contribution in [3.8, 4) is 0 Å². The molecule has 1 aromatic heterocycles. The Hall–Kier alpha value is -5.38. The number of amides is 6. The van der Waals surface area contributed by atoms with Gasteiger partial charge in [-0.15, -0.1) is 12.4 Å². The number of anilines is 3. The van der Waals surface area contributed by atoms with Gasteiger partial charge in [-0.25, -0.2) is 4.39 Å². The summed E-state index contributed by atoms with van der Waals surface area (Å²) in [6.45, 7) is 8.01. The standard InChI is InChI=1S/C39H41FN8O6.ClH/c1-22-31(18-28-27-16-24(40)2-5-30(27)43-36(28)51)41-19-32(22)42-35(50)21-46-14-12-45(13-15-46)20-23-8-10-47(11-9-23)25-3-4-26-29(17-25)39(54)48(38(26)53)33-6-7-34(49)44-37(33)52;/h2-5,16-19,23,33,41H,6-15,20-21H2,1H3,(H,42,50)(H,43,51)(H,44,49,52);1H/b28-18-;. The fourth-order valence-electron chi connectivity index (χ4n) is 8.16. The molecule has 0 spiro atoms. The molecule has 2 aromatic carbocycles. The summed E-state index contributed by atoms with van der Waals surface area (Å²) in [5.74, 6) is -2.36. The van der Waals surface area contributed by atoms with E-state index in [1.54, 1.807) is 24.4 Å². The number of hydrogen-bond donors (Lipinski definition) is 4. The van der Waals surface area contributed by atoms with Crippen LogP contribution in [0.25, 0.3) is 11.6 Å². The highest BCUT2D eigenvalue weighted by atomic mass is 35.5. The number of imide groups is 2. The van der Waals surface area contributed by atoms with Crippen LogP contribution < -0.4 is 20.9 Å². The summed E-state index contributed by atoms with van der Waals surface area (Å²) in [5, 5.41) is 7.97. The van der Waals surface area contributed by atoms with E-state index in [0.29, 0.717) is 39.7 Å². The van der Waals surface area contributed by atoms with Crippen molar-refractivity contribution >= 4 is 76.6 Å². The topological polar surface area (TPSA) is 167 Å². The van der Waals surface area contributed by atoms with Crippen molar-refractivity contribution in [2.24, 2.45) is 5.92 Å². The van der Waals surface area contributed by atoms with Gasteiger partial charge in [0.2, 0.25) is 17.7 Å². The van der Waals surface area contributed by atoms with E-state index in [2.05, 4.69) is 35.6 Å². The van der Waals surface area contributed by atoms with Gasteiger partial charge in [0.15, 0.2) is 0 Å². The van der Waals surface area contributed by atoms with Gasteiger partial charge in [0, 0.05) is 81.1 Å². The fraction of sp³-hybridized carbons (Fsp3) is 0.385. The Bertz CT molecular complexity index is 2120. The number of hydrogen-bond acceptors (Lipinski definition) is 9. The molecule has 288 valence electrons. The number of aromatic nitrogens is 1. The Balaban J connectivity index is 0.00000465. The normalized spacial score (nSPS) is 21.4. The summed E-state index contributed by atoms with van der Waals surface area (Å²) in [4.78, 5) is 86.9. The monoisotopic (exact) mass is 772 g/mol. The summed E-state index contributed by atoms with van der Waals surface area (Å²) in [7, 11) is 0. The van der Waals surface area contributed by atoms with Gasteiger partial charge in [-0.1, -0.05) is 0 Å². The van der Waals surface area contributed by atoms with Gasteiger partial charge in [0.1, 0.15) is 11.9 Å². The minimum atomic E-state index is -0.983. The number of H-pyrrole nitrogens is 1. The van der Waals surface area contributed by atoms with Crippen molar-refractivity contribution in [2.75, 3.05) is 67.9 Å². The second-order valence-corrected chi connectivity index (χ2v) is 14.7. The van der Waals surface area contributed by atoms with E-state index in [0.717, 1.165) is 74.8 Å². The number of nitrogens with zero attached hydrogens (tertiary/aromatic N) is 4. The zero-order valence-corrected chi connectivity index (χ0v) is 31.1. The lowest BCUT2D eigenvalue weighted by Crippen LogP contribution is -2.54. The first-order chi connectivity index (χ1) is 26.0. The minimum absolute atomic E-state index is 0. The lowest BCUT2D eigenvalue weighted by Gasteiger charge is -2.39. The van der Waals surface area contributed by atoms with Crippen LogP contribution >= 0.6 is 12.4 Å². The number of aromatic amines is 1. The van der Waals surface area contributed by atoms with Crippen molar-refractivity contribution in [3.63, 3.8) is 0 Å². The highest BCUT2D eigenvalue weighted by molar-refractivity contribution is 6.35. The molecule has 0 radical (unpaired) electrons. The molecule has 1 unspecified atom stereocenters. The molecule has 5 aliphatic rings. The van der Waals surface area contributed by atoms with Crippen LogP contribution in [0.4, 0.5) is 21.5 Å². The summed E-state index contributed by atoms with van der Waals surface area (Å²) < 4.78 is 13.9. The molecule has 3 fully saturated rings. The molecule has 3 aromatic rings. The second-order valence-electron chi connectivity index (χ2n) is 14.7. The molecule has 0 bridgehead atoms. The minimum Gasteiger partial charge on any atom is -0.371 e. The number of rotatable bonds is 8. The highest BCUT2D eigenvalue weighted by Crippen LogP contribution is 2.35. The highest BCUT2D eigenvalue weighted by Gasteiger charge is 2.45. The summed E-state index contributed by atoms with van der Waals surface area (Å²) in [6.07, 6.45) is 5.55. The quantitative estimate of drug-likeness (QED) is 0.199. The van der Waals surface area contributed by atoms with E-state index < -0.39 is 35.5 Å². The van der Waals surface area contributed by atoms with Gasteiger partial charge in [-0.2, -0.15) is 0 Å². The molecule has 0 saturated carbocycles. The van der Waals surface area contributed by atoms with Gasteiger partial charge in [-0.3, -0.25) is 43.9 Å². The molecule has 4 N–H and O–H groups in total. The molecule has 0 aliphatic carbocycles. The van der Waals surface area contributed by atoms with E-state index in [4.69, 9.17) is 0 Å². The van der Waals surface area contributed by atoms with Crippen molar-refractivity contribution in [3.05, 3.63) is 76.4 Å². The molecule has 5 aliphatic heterocycles. The number of fused-ring (bicyclic) bond motifs is 2. The number of halogens is 2. The number of benzene rings is 2. The van der Waals surface area contributed by atoms with Crippen LogP contribution in [-0.4, -0.2) is 114 Å². The molecule has 6 heterocycles. The predicted molar refractivity (Wildman–Crippen MR) is 205 cm³/mol. The second kappa shape index (κ2) is 15.4. The SMILES string of the molecule is Cc1c(NC(=O)CN2CCN(CC3CCN(c4ccc5c(c4)C(=O)N(C4CCC(=O)NC4=O)C5=O)CC3)CC2)c[nH]c1/C=C1\C(=O)Nc2ccc(F)cc21.Cl. The molecular formula is C39H42ClFN8O6. The van der Waals surface area contributed by atoms with Crippen LogP contribution in [0.3, 0.4) is 0 Å². The maximum atomic E-state index is 13.9. The van der Waals surface area contributed by atoms with Crippen molar-refractivity contribution in [1.82, 2.24) is 25.0 Å². The smallest absolute Gasteiger partial charge is 0.262 e. The van der Waals surface area contributed by atoms with Gasteiger partial charge in [0.25, 0.3) is 17.7 Å². The number of nitrogens with one attached hydrogen (secondary N) is 4.